The fourth-order valence-electron chi connectivity index (χ4n) is 1.13. The van der Waals surface area contributed by atoms with Crippen LogP contribution in [0.4, 0.5) is 13.2 Å². The van der Waals surface area contributed by atoms with Crippen LogP contribution in [0.5, 0.6) is 5.75 Å². The van der Waals surface area contributed by atoms with Gasteiger partial charge in [-0.25, -0.2) is 0 Å². The second-order valence-corrected chi connectivity index (χ2v) is 5.66. The van der Waals surface area contributed by atoms with Gasteiger partial charge in [0.2, 0.25) is 0 Å². The van der Waals surface area contributed by atoms with E-state index < -0.39 is 5.51 Å². The van der Waals surface area contributed by atoms with Crippen molar-refractivity contribution < 1.29 is 17.9 Å². The Morgan fingerprint density at radius 1 is 1.44 bits per heavy atom. The number of benzene rings is 1. The van der Waals surface area contributed by atoms with Crippen molar-refractivity contribution in [1.82, 2.24) is 0 Å². The Morgan fingerprint density at radius 3 is 2.67 bits per heavy atom. The van der Waals surface area contributed by atoms with Gasteiger partial charge in [-0.1, -0.05) is 28.1 Å². The lowest BCUT2D eigenvalue weighted by molar-refractivity contribution is -0.0329. The van der Waals surface area contributed by atoms with Crippen molar-refractivity contribution in [2.75, 3.05) is 12.4 Å². The lowest BCUT2D eigenvalue weighted by Gasteiger charge is -2.11. The summed E-state index contributed by atoms with van der Waals surface area (Å²) in [6, 6.07) is 4.97. The van der Waals surface area contributed by atoms with Crippen LogP contribution in [0.25, 0.3) is 0 Å². The molecule has 2 nitrogen and oxygen atoms in total. The van der Waals surface area contributed by atoms with Crippen LogP contribution in [0.15, 0.2) is 22.7 Å². The van der Waals surface area contributed by atoms with Crippen LogP contribution in [0.2, 0.25) is 0 Å². The van der Waals surface area contributed by atoms with E-state index >= 15 is 0 Å². The quantitative estimate of drug-likeness (QED) is 0.641. The van der Waals surface area contributed by atoms with E-state index in [1.165, 1.54) is 0 Å². The maximum atomic E-state index is 11.9. The average molecular weight is 360 g/mol. The highest BCUT2D eigenvalue weighted by molar-refractivity contribution is 9.10. The summed E-state index contributed by atoms with van der Waals surface area (Å²) in [6.07, 6.45) is 0. The first-order valence-electron chi connectivity index (χ1n) is 4.72. The molecule has 2 N–H and O–H groups in total. The molecule has 0 amide bonds. The van der Waals surface area contributed by atoms with E-state index in [0.717, 1.165) is 4.47 Å². The smallest absolute Gasteiger partial charge is 0.441 e. The molecule has 8 heteroatoms. The molecule has 0 unspecified atom stereocenters. The van der Waals surface area contributed by atoms with E-state index in [2.05, 4.69) is 15.9 Å². The van der Waals surface area contributed by atoms with Gasteiger partial charge >= 0.3 is 5.51 Å². The first-order valence-corrected chi connectivity index (χ1v) is 6.91. The lowest BCUT2D eigenvalue weighted by Crippen LogP contribution is -2.13. The molecule has 0 atom stereocenters. The normalized spacial score (nSPS) is 11.3. The van der Waals surface area contributed by atoms with Crippen LogP contribution in [0.3, 0.4) is 0 Å². The van der Waals surface area contributed by atoms with Gasteiger partial charge in [-0.05, 0) is 30.0 Å². The minimum absolute atomic E-state index is 0.0680. The summed E-state index contributed by atoms with van der Waals surface area (Å²) in [5.41, 5.74) is 1.76. The number of hydrogen-bond donors (Lipinski definition) is 1. The third-order valence-corrected chi connectivity index (χ3v) is 3.22. The van der Waals surface area contributed by atoms with Crippen LogP contribution < -0.4 is 10.5 Å². The van der Waals surface area contributed by atoms with Crippen molar-refractivity contribution in [2.24, 2.45) is 5.73 Å². The minimum atomic E-state index is -4.24. The van der Waals surface area contributed by atoms with Crippen molar-refractivity contribution in [2.45, 2.75) is 5.51 Å². The van der Waals surface area contributed by atoms with E-state index in [4.69, 9.17) is 22.7 Å². The predicted octanol–water partition coefficient (Wildman–Crippen LogP) is 3.72. The number of halogens is 4. The molecule has 0 aliphatic heterocycles. The first kappa shape index (κ1) is 15.6. The predicted molar refractivity (Wildman–Crippen MR) is 74.0 cm³/mol. The maximum Gasteiger partial charge on any atom is 0.441 e. The first-order chi connectivity index (χ1) is 8.29. The highest BCUT2D eigenvalue weighted by atomic mass is 79.9. The summed E-state index contributed by atoms with van der Waals surface area (Å²) in [5.74, 6) is 0.199. The largest absolute Gasteiger partial charge is 0.492 e. The zero-order chi connectivity index (χ0) is 13.8. The van der Waals surface area contributed by atoms with Gasteiger partial charge in [-0.2, -0.15) is 13.2 Å². The van der Waals surface area contributed by atoms with Gasteiger partial charge in [0, 0.05) is 10.2 Å². The van der Waals surface area contributed by atoms with Gasteiger partial charge < -0.3 is 10.5 Å². The summed E-state index contributed by atoms with van der Waals surface area (Å²) in [4.78, 5) is 0.134. The molecule has 1 aromatic carbocycles. The molecular weight excluding hydrogens is 351 g/mol. The van der Waals surface area contributed by atoms with Crippen molar-refractivity contribution in [1.29, 1.82) is 0 Å². The number of rotatable bonds is 5. The molecule has 0 aromatic heterocycles. The van der Waals surface area contributed by atoms with Gasteiger partial charge in [-0.15, -0.1) is 0 Å². The van der Waals surface area contributed by atoms with Crippen molar-refractivity contribution in [3.63, 3.8) is 0 Å². The highest BCUT2D eigenvalue weighted by Crippen LogP contribution is 2.30. The van der Waals surface area contributed by atoms with Gasteiger partial charge in [-0.3, -0.25) is 0 Å². The number of ether oxygens (including phenoxy) is 1. The molecule has 100 valence electrons. The van der Waals surface area contributed by atoms with Crippen LogP contribution >= 0.6 is 39.9 Å². The number of thiocarbonyl (C=S) groups is 1. The lowest BCUT2D eigenvalue weighted by atomic mass is 10.2. The van der Waals surface area contributed by atoms with Crippen LogP contribution in [-0.4, -0.2) is 22.9 Å². The molecule has 0 spiro atoms. The summed E-state index contributed by atoms with van der Waals surface area (Å²) in [7, 11) is 0. The molecule has 0 bridgehead atoms. The fourth-order valence-corrected chi connectivity index (χ4v) is 2.05. The topological polar surface area (TPSA) is 35.2 Å². The number of alkyl halides is 3. The Morgan fingerprint density at radius 2 is 2.11 bits per heavy atom. The molecule has 0 fully saturated rings. The number of thioether (sulfide) groups is 1. The summed E-state index contributed by atoms with van der Waals surface area (Å²) in [6.45, 7) is -0.0680. The molecule has 1 rings (SSSR count). The third kappa shape index (κ3) is 5.45. The van der Waals surface area contributed by atoms with Crippen LogP contribution in [0.1, 0.15) is 5.56 Å². The number of hydrogen-bond acceptors (Lipinski definition) is 3. The molecule has 1 aromatic rings. The second-order valence-electron chi connectivity index (χ2n) is 3.15. The Balaban J connectivity index is 2.59. The standard InChI is InChI=1S/C10H9BrF3NOS2/c11-6-1-2-8(7(5-6)9(15)17)16-3-4-18-10(12,13)14/h1-2,5H,3-4H2,(H2,15,17). The van der Waals surface area contributed by atoms with Crippen LogP contribution in [0, 0.1) is 0 Å². The molecule has 0 radical (unpaired) electrons. The molecule has 0 heterocycles. The number of nitrogens with two attached hydrogens (primary N) is 1. The Bertz CT molecular complexity index is 440. The fraction of sp³-hybridized carbons (Fsp3) is 0.300. The molecule has 0 saturated heterocycles. The zero-order valence-electron chi connectivity index (χ0n) is 8.96. The van der Waals surface area contributed by atoms with Gasteiger partial charge in [0.1, 0.15) is 10.7 Å². The van der Waals surface area contributed by atoms with Gasteiger partial charge in [0.25, 0.3) is 0 Å². The van der Waals surface area contributed by atoms with Crippen molar-refractivity contribution in [3.8, 4) is 5.75 Å². The van der Waals surface area contributed by atoms with E-state index in [-0.39, 0.29) is 29.1 Å². The van der Waals surface area contributed by atoms with Gasteiger partial charge in [0.15, 0.2) is 0 Å². The van der Waals surface area contributed by atoms with E-state index in [1.54, 1.807) is 18.2 Å². The average Bonchev–Trinajstić information content (AvgIpc) is 2.24. The Kier molecular flexibility index (Phi) is 5.74. The summed E-state index contributed by atoms with van der Waals surface area (Å²) in [5, 5.41) is 0. The molecular formula is C10H9BrF3NOS2. The van der Waals surface area contributed by atoms with Crippen molar-refractivity contribution >= 4 is 44.9 Å². The second kappa shape index (κ2) is 6.63. The minimum Gasteiger partial charge on any atom is -0.492 e. The maximum absolute atomic E-state index is 11.9. The third-order valence-electron chi connectivity index (χ3n) is 1.81. The molecule has 0 aliphatic rings. The van der Waals surface area contributed by atoms with E-state index in [9.17, 15) is 13.2 Å². The highest BCUT2D eigenvalue weighted by Gasteiger charge is 2.27. The van der Waals surface area contributed by atoms with E-state index in [1.807, 2.05) is 0 Å². The SMILES string of the molecule is NC(=S)c1cc(Br)ccc1OCCSC(F)(F)F. The van der Waals surface area contributed by atoms with Gasteiger partial charge in [0.05, 0.1) is 12.2 Å². The zero-order valence-corrected chi connectivity index (χ0v) is 12.2. The molecule has 0 aliphatic carbocycles. The Labute approximate surface area is 120 Å². The summed E-state index contributed by atoms with van der Waals surface area (Å²) < 4.78 is 41.7. The summed E-state index contributed by atoms with van der Waals surface area (Å²) >= 11 is 7.96. The van der Waals surface area contributed by atoms with E-state index in [0.29, 0.717) is 11.3 Å². The monoisotopic (exact) mass is 359 g/mol. The Hall–Kier alpha value is -0.470. The van der Waals surface area contributed by atoms with Crippen molar-refractivity contribution in [3.05, 3.63) is 28.2 Å². The molecule has 18 heavy (non-hydrogen) atoms. The van der Waals surface area contributed by atoms with Crippen LogP contribution in [-0.2, 0) is 0 Å². The molecule has 0 saturated carbocycles.